The lowest BCUT2D eigenvalue weighted by atomic mass is 10.1. The number of halogens is 1. The van der Waals surface area contributed by atoms with Crippen LogP contribution in [-0.2, 0) is 4.74 Å². The number of hydrogen-bond donors (Lipinski definition) is 1. The normalized spacial score (nSPS) is 19.4. The molecule has 1 N–H and O–H groups in total. The minimum absolute atomic E-state index is 0. The Labute approximate surface area is 107 Å². The van der Waals surface area contributed by atoms with E-state index in [1.54, 1.807) is 18.3 Å². The number of nitrogens with one attached hydrogen (secondary N) is 1. The number of piperidine rings is 1. The third-order valence-corrected chi connectivity index (χ3v) is 2.65. The van der Waals surface area contributed by atoms with Gasteiger partial charge in [0.15, 0.2) is 0 Å². The summed E-state index contributed by atoms with van der Waals surface area (Å²) >= 11 is 0. The fraction of sp³-hybridized carbons (Fsp3) is 0.500. The van der Waals surface area contributed by atoms with Crippen molar-refractivity contribution < 1.29 is 9.53 Å². The minimum Gasteiger partial charge on any atom is -0.369 e. The summed E-state index contributed by atoms with van der Waals surface area (Å²) in [5.41, 5.74) is 0.478. The molecule has 2 heterocycles. The van der Waals surface area contributed by atoms with Gasteiger partial charge in [-0.1, -0.05) is 6.07 Å². The van der Waals surface area contributed by atoms with Crippen LogP contribution in [0.15, 0.2) is 24.4 Å². The largest absolute Gasteiger partial charge is 0.369 e. The standard InChI is InChI=1S/C12H16N2O2.ClH/c15-12(11-5-1-2-7-14-11)9-16-10-4-3-6-13-8-10;/h1-2,5,7,10,13H,3-4,6,8-9H2;1H/t10-;/m0./s1. The maximum atomic E-state index is 11.7. The van der Waals surface area contributed by atoms with Crippen LogP contribution in [0, 0.1) is 0 Å². The van der Waals surface area contributed by atoms with E-state index in [0.29, 0.717) is 5.69 Å². The van der Waals surface area contributed by atoms with Gasteiger partial charge in [-0.15, -0.1) is 12.4 Å². The summed E-state index contributed by atoms with van der Waals surface area (Å²) in [5.74, 6) is -0.0498. The molecule has 0 unspecified atom stereocenters. The van der Waals surface area contributed by atoms with Crippen LogP contribution in [0.2, 0.25) is 0 Å². The second-order valence-corrected chi connectivity index (χ2v) is 3.92. The molecule has 0 radical (unpaired) electrons. The molecule has 94 valence electrons. The molecule has 1 fully saturated rings. The van der Waals surface area contributed by atoms with E-state index < -0.39 is 0 Å². The maximum Gasteiger partial charge on any atom is 0.206 e. The summed E-state index contributed by atoms with van der Waals surface area (Å²) in [4.78, 5) is 15.7. The second kappa shape index (κ2) is 7.37. The molecule has 0 amide bonds. The van der Waals surface area contributed by atoms with Gasteiger partial charge in [0.05, 0.1) is 6.10 Å². The Morgan fingerprint density at radius 3 is 3.06 bits per heavy atom. The molecule has 1 saturated heterocycles. The summed E-state index contributed by atoms with van der Waals surface area (Å²) in [7, 11) is 0. The number of carbonyl (C=O) groups is 1. The Morgan fingerprint density at radius 2 is 2.41 bits per heavy atom. The predicted octanol–water partition coefficient (Wildman–Crippen LogP) is 1.45. The van der Waals surface area contributed by atoms with Gasteiger partial charge in [-0.25, -0.2) is 0 Å². The second-order valence-electron chi connectivity index (χ2n) is 3.92. The fourth-order valence-corrected chi connectivity index (χ4v) is 1.76. The van der Waals surface area contributed by atoms with Crippen LogP contribution in [-0.4, -0.2) is 36.6 Å². The Balaban J connectivity index is 0.00000144. The zero-order valence-corrected chi connectivity index (χ0v) is 10.4. The van der Waals surface area contributed by atoms with E-state index in [-0.39, 0.29) is 30.9 Å². The van der Waals surface area contributed by atoms with Crippen LogP contribution in [0.25, 0.3) is 0 Å². The third-order valence-electron chi connectivity index (χ3n) is 2.65. The number of rotatable bonds is 4. The van der Waals surface area contributed by atoms with Crippen molar-refractivity contribution in [3.8, 4) is 0 Å². The molecule has 0 bridgehead atoms. The molecule has 5 heteroatoms. The van der Waals surface area contributed by atoms with Gasteiger partial charge in [0.2, 0.25) is 5.78 Å². The first-order valence-electron chi connectivity index (χ1n) is 5.63. The van der Waals surface area contributed by atoms with Gasteiger partial charge in [-0.2, -0.15) is 0 Å². The first kappa shape index (κ1) is 14.1. The first-order chi connectivity index (χ1) is 7.86. The van der Waals surface area contributed by atoms with Crippen molar-refractivity contribution in [1.82, 2.24) is 10.3 Å². The summed E-state index contributed by atoms with van der Waals surface area (Å²) in [5, 5.41) is 3.25. The quantitative estimate of drug-likeness (QED) is 0.829. The number of aromatic nitrogens is 1. The van der Waals surface area contributed by atoms with Gasteiger partial charge in [0.1, 0.15) is 12.3 Å². The molecule has 1 aliphatic heterocycles. The van der Waals surface area contributed by atoms with Gasteiger partial charge in [0, 0.05) is 12.7 Å². The Bertz CT molecular complexity index is 340. The molecule has 4 nitrogen and oxygen atoms in total. The topological polar surface area (TPSA) is 51.2 Å². The summed E-state index contributed by atoms with van der Waals surface area (Å²) < 4.78 is 5.55. The van der Waals surface area contributed by atoms with Crippen molar-refractivity contribution in [2.24, 2.45) is 0 Å². The maximum absolute atomic E-state index is 11.7. The number of Topliss-reactive ketones (excluding diaryl/α,β-unsaturated/α-hetero) is 1. The monoisotopic (exact) mass is 256 g/mol. The molecular weight excluding hydrogens is 240 g/mol. The van der Waals surface area contributed by atoms with Crippen LogP contribution in [0.1, 0.15) is 23.3 Å². The van der Waals surface area contributed by atoms with Gasteiger partial charge >= 0.3 is 0 Å². The van der Waals surface area contributed by atoms with Gasteiger partial charge < -0.3 is 10.1 Å². The molecule has 0 spiro atoms. The molecule has 0 aliphatic carbocycles. The highest BCUT2D eigenvalue weighted by Crippen LogP contribution is 2.06. The average molecular weight is 257 g/mol. The molecule has 1 atom stereocenters. The molecule has 1 aliphatic rings. The SMILES string of the molecule is Cl.O=C(CO[C@H]1CCCNC1)c1ccccn1. The van der Waals surface area contributed by atoms with Crippen molar-refractivity contribution >= 4 is 18.2 Å². The van der Waals surface area contributed by atoms with E-state index in [9.17, 15) is 4.79 Å². The predicted molar refractivity (Wildman–Crippen MR) is 67.7 cm³/mol. The highest BCUT2D eigenvalue weighted by molar-refractivity contribution is 5.95. The summed E-state index contributed by atoms with van der Waals surface area (Å²) in [6, 6.07) is 5.32. The van der Waals surface area contributed by atoms with Gasteiger partial charge in [-0.05, 0) is 31.5 Å². The lowest BCUT2D eigenvalue weighted by Crippen LogP contribution is -2.36. The lowest BCUT2D eigenvalue weighted by molar-refractivity contribution is 0.0344. The number of ketones is 1. The molecule has 17 heavy (non-hydrogen) atoms. The van der Waals surface area contributed by atoms with Crippen LogP contribution >= 0.6 is 12.4 Å². The van der Waals surface area contributed by atoms with E-state index in [4.69, 9.17) is 4.74 Å². The molecule has 0 aromatic carbocycles. The Hall–Kier alpha value is -0.970. The number of carbonyl (C=O) groups excluding carboxylic acids is 1. The Kier molecular flexibility index (Phi) is 6.11. The first-order valence-corrected chi connectivity index (χ1v) is 5.63. The summed E-state index contributed by atoms with van der Waals surface area (Å²) in [6.45, 7) is 2.02. The lowest BCUT2D eigenvalue weighted by Gasteiger charge is -2.22. The van der Waals surface area contributed by atoms with Crippen LogP contribution < -0.4 is 5.32 Å². The van der Waals surface area contributed by atoms with E-state index >= 15 is 0 Å². The van der Waals surface area contributed by atoms with Crippen LogP contribution in [0.4, 0.5) is 0 Å². The van der Waals surface area contributed by atoms with Crippen molar-refractivity contribution in [2.45, 2.75) is 18.9 Å². The molecule has 2 rings (SSSR count). The zero-order valence-electron chi connectivity index (χ0n) is 9.59. The highest BCUT2D eigenvalue weighted by Gasteiger charge is 2.15. The van der Waals surface area contributed by atoms with Gasteiger partial charge in [0.25, 0.3) is 0 Å². The number of nitrogens with zero attached hydrogens (tertiary/aromatic N) is 1. The summed E-state index contributed by atoms with van der Waals surface area (Å²) in [6.07, 6.45) is 3.93. The van der Waals surface area contributed by atoms with Gasteiger partial charge in [-0.3, -0.25) is 9.78 Å². The molecule has 1 aromatic heterocycles. The molecular formula is C12H17ClN2O2. The van der Waals surface area contributed by atoms with Crippen LogP contribution in [0.5, 0.6) is 0 Å². The van der Waals surface area contributed by atoms with E-state index in [0.717, 1.165) is 25.9 Å². The number of hydrogen-bond acceptors (Lipinski definition) is 4. The van der Waals surface area contributed by atoms with Crippen LogP contribution in [0.3, 0.4) is 0 Å². The van der Waals surface area contributed by atoms with Crippen molar-refractivity contribution in [2.75, 3.05) is 19.7 Å². The van der Waals surface area contributed by atoms with Crippen molar-refractivity contribution in [3.63, 3.8) is 0 Å². The van der Waals surface area contributed by atoms with E-state index in [1.807, 2.05) is 6.07 Å². The third kappa shape index (κ3) is 4.42. The average Bonchev–Trinajstić information content (AvgIpc) is 2.38. The minimum atomic E-state index is -0.0498. The number of ether oxygens (including phenoxy) is 1. The van der Waals surface area contributed by atoms with Crippen molar-refractivity contribution in [1.29, 1.82) is 0 Å². The smallest absolute Gasteiger partial charge is 0.206 e. The van der Waals surface area contributed by atoms with E-state index in [2.05, 4.69) is 10.3 Å². The molecule has 0 saturated carbocycles. The zero-order chi connectivity index (χ0) is 11.2. The molecule has 1 aromatic rings. The van der Waals surface area contributed by atoms with E-state index in [1.165, 1.54) is 0 Å². The number of pyridine rings is 1. The van der Waals surface area contributed by atoms with Crippen molar-refractivity contribution in [3.05, 3.63) is 30.1 Å². The Morgan fingerprint density at radius 1 is 1.53 bits per heavy atom. The highest BCUT2D eigenvalue weighted by atomic mass is 35.5. The fourth-order valence-electron chi connectivity index (χ4n) is 1.76.